The third kappa shape index (κ3) is 4.45. The van der Waals surface area contributed by atoms with E-state index in [9.17, 15) is 4.79 Å². The normalized spacial score (nSPS) is 12.0. The van der Waals surface area contributed by atoms with Gasteiger partial charge in [0, 0.05) is 0 Å². The van der Waals surface area contributed by atoms with E-state index in [1.54, 1.807) is 0 Å². The molecule has 0 bridgehead atoms. The number of ether oxygens (including phenoxy) is 1. The van der Waals surface area contributed by atoms with Gasteiger partial charge in [-0.05, 0) is 49.8 Å². The summed E-state index contributed by atoms with van der Waals surface area (Å²) in [5, 5.41) is 11.2. The highest BCUT2D eigenvalue weighted by atomic mass is 32.2. The minimum Gasteiger partial charge on any atom is -0.481 e. The summed E-state index contributed by atoms with van der Waals surface area (Å²) in [5.41, 5.74) is 2.22. The van der Waals surface area contributed by atoms with Crippen LogP contribution in [0.1, 0.15) is 24.5 Å². The number of aryl methyl sites for hydroxylation is 2. The van der Waals surface area contributed by atoms with Crippen molar-refractivity contribution in [3.05, 3.63) is 29.3 Å². The molecule has 0 aliphatic carbocycles. The zero-order valence-electron chi connectivity index (χ0n) is 13.0. The molecule has 0 aliphatic rings. The maximum Gasteiger partial charge on any atom is 0.267 e. The highest BCUT2D eigenvalue weighted by Crippen LogP contribution is 2.24. The Kier molecular flexibility index (Phi) is 5.79. The summed E-state index contributed by atoms with van der Waals surface area (Å²) in [6.07, 6.45) is 1.94. The summed E-state index contributed by atoms with van der Waals surface area (Å²) in [6.45, 7) is 5.93. The van der Waals surface area contributed by atoms with Gasteiger partial charge in [-0.3, -0.25) is 10.1 Å². The Hall–Kier alpha value is -1.60. The molecule has 1 atom stereocenters. The number of nitrogens with one attached hydrogen (secondary N) is 1. The zero-order chi connectivity index (χ0) is 16.1. The van der Waals surface area contributed by atoms with Gasteiger partial charge in [0.25, 0.3) is 5.91 Å². The van der Waals surface area contributed by atoms with Crippen LogP contribution in [0.5, 0.6) is 5.75 Å². The molecule has 1 aromatic carbocycles. The van der Waals surface area contributed by atoms with E-state index in [4.69, 9.17) is 4.74 Å². The molecular formula is C15H19N3O2S2. The van der Waals surface area contributed by atoms with Crippen LogP contribution in [0.4, 0.5) is 5.13 Å². The number of aromatic nitrogens is 2. The first kappa shape index (κ1) is 16.8. The van der Waals surface area contributed by atoms with E-state index < -0.39 is 6.10 Å². The number of carbonyl (C=O) groups excluding carboxylic acids is 1. The monoisotopic (exact) mass is 337 g/mol. The Labute approximate surface area is 138 Å². The molecule has 1 N–H and O–H groups in total. The zero-order valence-corrected chi connectivity index (χ0v) is 14.7. The minimum absolute atomic E-state index is 0.203. The fraction of sp³-hybridized carbons (Fsp3) is 0.400. The fourth-order valence-corrected chi connectivity index (χ4v) is 3.19. The number of rotatable bonds is 6. The summed E-state index contributed by atoms with van der Waals surface area (Å²) in [4.78, 5) is 12.3. The molecule has 5 nitrogen and oxygen atoms in total. The minimum atomic E-state index is -0.553. The van der Waals surface area contributed by atoms with E-state index in [-0.39, 0.29) is 5.91 Å². The van der Waals surface area contributed by atoms with Crippen molar-refractivity contribution in [2.45, 2.75) is 37.6 Å². The van der Waals surface area contributed by atoms with E-state index in [0.29, 0.717) is 17.3 Å². The SMILES string of the molecule is CC[C@@H](Oc1cc(C)cc(C)c1)C(=O)Nc1nnc(SC)s1. The molecule has 1 amide bonds. The molecule has 0 saturated carbocycles. The van der Waals surface area contributed by atoms with Crippen LogP contribution in [-0.2, 0) is 4.79 Å². The van der Waals surface area contributed by atoms with Crippen LogP contribution < -0.4 is 10.1 Å². The number of amides is 1. The third-order valence-corrected chi connectivity index (χ3v) is 4.76. The Morgan fingerprint density at radius 1 is 1.32 bits per heavy atom. The lowest BCUT2D eigenvalue weighted by Crippen LogP contribution is -2.32. The van der Waals surface area contributed by atoms with Gasteiger partial charge in [0.15, 0.2) is 10.4 Å². The van der Waals surface area contributed by atoms with Crippen molar-refractivity contribution >= 4 is 34.1 Å². The Morgan fingerprint density at radius 2 is 2.00 bits per heavy atom. The molecule has 2 rings (SSSR count). The third-order valence-electron chi connectivity index (χ3n) is 2.95. The van der Waals surface area contributed by atoms with Gasteiger partial charge in [0.2, 0.25) is 5.13 Å². The standard InChI is InChI=1S/C15H19N3O2S2/c1-5-12(20-11-7-9(2)6-10(3)8-11)13(19)16-14-17-18-15(21-4)22-14/h6-8,12H,5H2,1-4H3,(H,16,17,19)/t12-/m1/s1. The van der Waals surface area contributed by atoms with Crippen LogP contribution in [0, 0.1) is 13.8 Å². The van der Waals surface area contributed by atoms with Crippen LogP contribution in [-0.4, -0.2) is 28.5 Å². The number of benzene rings is 1. The van der Waals surface area contributed by atoms with Gasteiger partial charge in [-0.2, -0.15) is 0 Å². The fourth-order valence-electron chi connectivity index (χ4n) is 2.02. The largest absolute Gasteiger partial charge is 0.481 e. The van der Waals surface area contributed by atoms with Gasteiger partial charge in [0.05, 0.1) is 0 Å². The first-order valence-corrected chi connectivity index (χ1v) is 8.99. The summed E-state index contributed by atoms with van der Waals surface area (Å²) < 4.78 is 6.65. The highest BCUT2D eigenvalue weighted by Gasteiger charge is 2.20. The summed E-state index contributed by atoms with van der Waals surface area (Å²) in [6, 6.07) is 5.93. The van der Waals surface area contributed by atoms with Crippen molar-refractivity contribution in [1.82, 2.24) is 10.2 Å². The smallest absolute Gasteiger partial charge is 0.267 e. The van der Waals surface area contributed by atoms with Crippen LogP contribution in [0.25, 0.3) is 0 Å². The number of anilines is 1. The molecule has 1 aromatic heterocycles. The average molecular weight is 337 g/mol. The highest BCUT2D eigenvalue weighted by molar-refractivity contribution is 8.00. The molecule has 0 spiro atoms. The van der Waals surface area contributed by atoms with Gasteiger partial charge in [-0.1, -0.05) is 36.1 Å². The Morgan fingerprint density at radius 3 is 2.55 bits per heavy atom. The molecule has 2 aromatic rings. The topological polar surface area (TPSA) is 64.1 Å². The van der Waals surface area contributed by atoms with E-state index in [0.717, 1.165) is 15.5 Å². The molecule has 118 valence electrons. The van der Waals surface area contributed by atoms with E-state index in [2.05, 4.69) is 21.6 Å². The first-order chi connectivity index (χ1) is 10.5. The summed E-state index contributed by atoms with van der Waals surface area (Å²) in [7, 11) is 0. The van der Waals surface area contributed by atoms with Crippen molar-refractivity contribution in [2.24, 2.45) is 0 Å². The van der Waals surface area contributed by atoms with Gasteiger partial charge in [-0.25, -0.2) is 0 Å². The van der Waals surface area contributed by atoms with Crippen LogP contribution in [0.2, 0.25) is 0 Å². The van der Waals surface area contributed by atoms with Crippen molar-refractivity contribution < 1.29 is 9.53 Å². The number of hydrogen-bond donors (Lipinski definition) is 1. The average Bonchev–Trinajstić information content (AvgIpc) is 2.91. The van der Waals surface area contributed by atoms with Crippen LogP contribution in [0.3, 0.4) is 0 Å². The molecular weight excluding hydrogens is 318 g/mol. The second-order valence-corrected chi connectivity index (χ2v) is 6.94. The lowest BCUT2D eigenvalue weighted by molar-refractivity contribution is -0.122. The molecule has 0 saturated heterocycles. The Bertz CT molecular complexity index is 638. The molecule has 7 heteroatoms. The van der Waals surface area contributed by atoms with Crippen molar-refractivity contribution in [1.29, 1.82) is 0 Å². The van der Waals surface area contributed by atoms with Crippen molar-refractivity contribution in [2.75, 3.05) is 11.6 Å². The van der Waals surface area contributed by atoms with Gasteiger partial charge in [0.1, 0.15) is 5.75 Å². The number of thioether (sulfide) groups is 1. The maximum absolute atomic E-state index is 12.3. The lowest BCUT2D eigenvalue weighted by Gasteiger charge is -2.17. The second-order valence-electron chi connectivity index (χ2n) is 4.90. The molecule has 0 aliphatic heterocycles. The summed E-state index contributed by atoms with van der Waals surface area (Å²) >= 11 is 2.85. The van der Waals surface area contributed by atoms with Gasteiger partial charge >= 0.3 is 0 Å². The predicted molar refractivity (Wildman–Crippen MR) is 90.9 cm³/mol. The van der Waals surface area contributed by atoms with Gasteiger partial charge < -0.3 is 4.74 Å². The van der Waals surface area contributed by atoms with E-state index in [1.807, 2.05) is 39.2 Å². The first-order valence-electron chi connectivity index (χ1n) is 6.95. The number of nitrogens with zero attached hydrogens (tertiary/aromatic N) is 2. The molecule has 0 fully saturated rings. The van der Waals surface area contributed by atoms with E-state index >= 15 is 0 Å². The maximum atomic E-state index is 12.3. The predicted octanol–water partition coefficient (Wildman–Crippen LogP) is 3.67. The Balaban J connectivity index is 2.05. The quantitative estimate of drug-likeness (QED) is 0.643. The molecule has 1 heterocycles. The second kappa shape index (κ2) is 7.60. The molecule has 0 radical (unpaired) electrons. The number of carbonyl (C=O) groups is 1. The summed E-state index contributed by atoms with van der Waals surface area (Å²) in [5.74, 6) is 0.507. The van der Waals surface area contributed by atoms with Crippen molar-refractivity contribution in [3.8, 4) is 5.75 Å². The van der Waals surface area contributed by atoms with Crippen molar-refractivity contribution in [3.63, 3.8) is 0 Å². The van der Waals surface area contributed by atoms with Crippen LogP contribution in [0.15, 0.2) is 22.5 Å². The molecule has 22 heavy (non-hydrogen) atoms. The molecule has 0 unspecified atom stereocenters. The number of hydrogen-bond acceptors (Lipinski definition) is 6. The lowest BCUT2D eigenvalue weighted by atomic mass is 10.1. The van der Waals surface area contributed by atoms with Crippen LogP contribution >= 0.6 is 23.1 Å². The van der Waals surface area contributed by atoms with E-state index in [1.165, 1.54) is 23.1 Å². The van der Waals surface area contributed by atoms with Gasteiger partial charge in [-0.15, -0.1) is 10.2 Å².